The number of halogens is 2. The second kappa shape index (κ2) is 5.14. The van der Waals surface area contributed by atoms with E-state index in [-0.39, 0.29) is 11.8 Å². The summed E-state index contributed by atoms with van der Waals surface area (Å²) in [5.41, 5.74) is 0. The smallest absolute Gasteiger partial charge is 0.226 e. The minimum atomic E-state index is -0.782. The first-order valence-corrected chi connectivity index (χ1v) is 7.01. The molecule has 0 aromatic heterocycles. The lowest BCUT2D eigenvalue weighted by Crippen LogP contribution is -2.27. The molecule has 0 radical (unpaired) electrons. The molecule has 4 heteroatoms. The van der Waals surface area contributed by atoms with E-state index < -0.39 is 4.33 Å². The Balaban J connectivity index is 1.53. The van der Waals surface area contributed by atoms with Crippen LogP contribution in [0.4, 0.5) is 0 Å². The van der Waals surface area contributed by atoms with Gasteiger partial charge < -0.3 is 5.32 Å². The average Bonchev–Trinajstić information content (AvgIpc) is 2.67. The number of amides is 1. The highest BCUT2D eigenvalue weighted by Crippen LogP contribution is 2.53. The maximum atomic E-state index is 11.5. The largest absolute Gasteiger partial charge is 0.356 e. The van der Waals surface area contributed by atoms with Crippen LogP contribution in [0.2, 0.25) is 0 Å². The third-order valence-electron chi connectivity index (χ3n) is 3.71. The molecular weight excluding hydrogens is 245 g/mol. The van der Waals surface area contributed by atoms with Crippen LogP contribution in [0.1, 0.15) is 44.9 Å². The van der Waals surface area contributed by atoms with Crippen LogP contribution in [0.15, 0.2) is 0 Å². The van der Waals surface area contributed by atoms with E-state index in [0.29, 0.717) is 6.42 Å². The van der Waals surface area contributed by atoms with Crippen LogP contribution >= 0.6 is 23.2 Å². The van der Waals surface area contributed by atoms with Crippen molar-refractivity contribution in [2.45, 2.75) is 49.3 Å². The average molecular weight is 264 g/mol. The van der Waals surface area contributed by atoms with Crippen molar-refractivity contribution in [3.8, 4) is 0 Å². The second-order valence-corrected chi connectivity index (χ2v) is 6.64. The first-order chi connectivity index (χ1) is 7.59. The molecule has 0 heterocycles. The summed E-state index contributed by atoms with van der Waals surface area (Å²) in [6.45, 7) is 0.774. The highest BCUT2D eigenvalue weighted by atomic mass is 35.5. The molecule has 2 rings (SSSR count). The Morgan fingerprint density at radius 3 is 2.50 bits per heavy atom. The Morgan fingerprint density at radius 1 is 1.31 bits per heavy atom. The van der Waals surface area contributed by atoms with E-state index in [1.807, 2.05) is 0 Å². The summed E-state index contributed by atoms with van der Waals surface area (Å²) in [6.07, 6.45) is 8.47. The number of carbonyl (C=O) groups is 1. The quantitative estimate of drug-likeness (QED) is 0.599. The van der Waals surface area contributed by atoms with Crippen molar-refractivity contribution < 1.29 is 4.79 Å². The molecule has 0 aromatic carbocycles. The van der Waals surface area contributed by atoms with Gasteiger partial charge in [0.1, 0.15) is 4.33 Å². The van der Waals surface area contributed by atoms with E-state index in [9.17, 15) is 4.79 Å². The van der Waals surface area contributed by atoms with Crippen LogP contribution in [0.5, 0.6) is 0 Å². The molecule has 2 nitrogen and oxygen atoms in total. The van der Waals surface area contributed by atoms with Crippen molar-refractivity contribution in [1.82, 2.24) is 5.32 Å². The topological polar surface area (TPSA) is 29.1 Å². The standard InChI is InChI=1S/C12H19Cl2NO/c13-12(14)8-10(12)11(16)15-7-3-6-9-4-1-2-5-9/h9-10H,1-8H2,(H,15,16). The van der Waals surface area contributed by atoms with Crippen LogP contribution in [-0.2, 0) is 4.79 Å². The summed E-state index contributed by atoms with van der Waals surface area (Å²) >= 11 is 11.6. The molecule has 16 heavy (non-hydrogen) atoms. The Bertz CT molecular complexity index is 262. The zero-order chi connectivity index (χ0) is 11.6. The molecule has 1 amide bonds. The summed E-state index contributed by atoms with van der Waals surface area (Å²) in [5.74, 6) is 0.747. The van der Waals surface area contributed by atoms with Gasteiger partial charge in [-0.2, -0.15) is 0 Å². The highest BCUT2D eigenvalue weighted by Gasteiger charge is 2.56. The molecule has 0 bridgehead atoms. The number of hydrogen-bond acceptors (Lipinski definition) is 1. The normalized spacial score (nSPS) is 28.0. The molecule has 0 spiro atoms. The van der Waals surface area contributed by atoms with E-state index in [1.165, 1.54) is 32.1 Å². The van der Waals surface area contributed by atoms with Crippen molar-refractivity contribution >= 4 is 29.1 Å². The summed E-state index contributed by atoms with van der Waals surface area (Å²) in [4.78, 5) is 11.5. The summed E-state index contributed by atoms with van der Waals surface area (Å²) in [7, 11) is 0. The van der Waals surface area contributed by atoms with Crippen LogP contribution in [-0.4, -0.2) is 16.8 Å². The summed E-state index contributed by atoms with van der Waals surface area (Å²) in [6, 6.07) is 0. The van der Waals surface area contributed by atoms with Gasteiger partial charge in [0.15, 0.2) is 0 Å². The molecule has 2 aliphatic carbocycles. The maximum absolute atomic E-state index is 11.5. The molecule has 0 aromatic rings. The van der Waals surface area contributed by atoms with Gasteiger partial charge in [-0.1, -0.05) is 25.7 Å². The Morgan fingerprint density at radius 2 is 1.94 bits per heavy atom. The van der Waals surface area contributed by atoms with Crippen LogP contribution in [0.3, 0.4) is 0 Å². The van der Waals surface area contributed by atoms with E-state index in [2.05, 4.69) is 5.32 Å². The predicted molar refractivity (Wildman–Crippen MR) is 66.7 cm³/mol. The van der Waals surface area contributed by atoms with Gasteiger partial charge >= 0.3 is 0 Å². The first kappa shape index (κ1) is 12.5. The first-order valence-electron chi connectivity index (χ1n) is 6.25. The maximum Gasteiger partial charge on any atom is 0.226 e. The Hall–Kier alpha value is 0.0500. The molecule has 2 fully saturated rings. The number of hydrogen-bond donors (Lipinski definition) is 1. The minimum absolute atomic E-state index is 0.0245. The Labute approximate surface area is 107 Å². The molecule has 2 aliphatic rings. The van der Waals surface area contributed by atoms with Crippen LogP contribution in [0.25, 0.3) is 0 Å². The molecule has 1 N–H and O–H groups in total. The third kappa shape index (κ3) is 3.27. The van der Waals surface area contributed by atoms with Crippen molar-refractivity contribution in [2.24, 2.45) is 11.8 Å². The molecule has 2 saturated carbocycles. The third-order valence-corrected chi connectivity index (χ3v) is 4.54. The van der Waals surface area contributed by atoms with Crippen molar-refractivity contribution in [2.75, 3.05) is 6.54 Å². The summed E-state index contributed by atoms with van der Waals surface area (Å²) in [5, 5.41) is 2.92. The fraction of sp³-hybridized carbons (Fsp3) is 0.917. The van der Waals surface area contributed by atoms with Gasteiger partial charge in [0.05, 0.1) is 5.92 Å². The van der Waals surface area contributed by atoms with Crippen LogP contribution < -0.4 is 5.32 Å². The molecule has 0 saturated heterocycles. The number of alkyl halides is 2. The monoisotopic (exact) mass is 263 g/mol. The van der Waals surface area contributed by atoms with Crippen molar-refractivity contribution in [1.29, 1.82) is 0 Å². The van der Waals surface area contributed by atoms with Gasteiger partial charge in [0.25, 0.3) is 0 Å². The zero-order valence-electron chi connectivity index (χ0n) is 9.48. The lowest BCUT2D eigenvalue weighted by atomic mass is 10.0. The fourth-order valence-electron chi connectivity index (χ4n) is 2.52. The molecule has 92 valence electrons. The fourth-order valence-corrected chi connectivity index (χ4v) is 3.03. The van der Waals surface area contributed by atoms with Crippen LogP contribution in [0, 0.1) is 11.8 Å². The number of carbonyl (C=O) groups excluding carboxylic acids is 1. The van der Waals surface area contributed by atoms with Gasteiger partial charge in [-0.15, -0.1) is 23.2 Å². The van der Waals surface area contributed by atoms with Gasteiger partial charge in [0, 0.05) is 6.54 Å². The Kier molecular flexibility index (Phi) is 4.01. The molecular formula is C12H19Cl2NO. The number of rotatable bonds is 5. The van der Waals surface area contributed by atoms with E-state index >= 15 is 0 Å². The lowest BCUT2D eigenvalue weighted by molar-refractivity contribution is -0.122. The van der Waals surface area contributed by atoms with Gasteiger partial charge in [-0.05, 0) is 25.2 Å². The zero-order valence-corrected chi connectivity index (χ0v) is 11.0. The van der Waals surface area contributed by atoms with Gasteiger partial charge in [-0.3, -0.25) is 4.79 Å². The summed E-state index contributed by atoms with van der Waals surface area (Å²) < 4.78 is -0.782. The predicted octanol–water partition coefficient (Wildman–Crippen LogP) is 3.27. The van der Waals surface area contributed by atoms with Gasteiger partial charge in [0.2, 0.25) is 5.91 Å². The second-order valence-electron chi connectivity index (χ2n) is 5.10. The van der Waals surface area contributed by atoms with E-state index in [4.69, 9.17) is 23.2 Å². The molecule has 1 atom stereocenters. The van der Waals surface area contributed by atoms with Crippen molar-refractivity contribution in [3.63, 3.8) is 0 Å². The molecule has 1 unspecified atom stereocenters. The SMILES string of the molecule is O=C(NCCCC1CCCC1)C1CC1(Cl)Cl. The number of nitrogens with one attached hydrogen (secondary N) is 1. The van der Waals surface area contributed by atoms with Gasteiger partial charge in [-0.25, -0.2) is 0 Å². The van der Waals surface area contributed by atoms with E-state index in [1.54, 1.807) is 0 Å². The van der Waals surface area contributed by atoms with Crippen molar-refractivity contribution in [3.05, 3.63) is 0 Å². The highest BCUT2D eigenvalue weighted by molar-refractivity contribution is 6.52. The lowest BCUT2D eigenvalue weighted by Gasteiger charge is -2.09. The molecule has 0 aliphatic heterocycles. The minimum Gasteiger partial charge on any atom is -0.356 e. The van der Waals surface area contributed by atoms with E-state index in [0.717, 1.165) is 18.9 Å².